The van der Waals surface area contributed by atoms with E-state index in [-0.39, 0.29) is 0 Å². The van der Waals surface area contributed by atoms with Crippen LogP contribution in [0.2, 0.25) is 5.02 Å². The molecule has 0 saturated heterocycles. The Morgan fingerprint density at radius 1 is 1.20 bits per heavy atom. The summed E-state index contributed by atoms with van der Waals surface area (Å²) in [6, 6.07) is 7.63. The van der Waals surface area contributed by atoms with Crippen molar-refractivity contribution in [2.24, 2.45) is 0 Å². The van der Waals surface area contributed by atoms with E-state index in [1.807, 2.05) is 24.3 Å². The quantitative estimate of drug-likeness (QED) is 0.767. The lowest BCUT2D eigenvalue weighted by Crippen LogP contribution is -1.89. The summed E-state index contributed by atoms with van der Waals surface area (Å²) in [6.45, 7) is 0. The molecule has 0 amide bonds. The highest BCUT2D eigenvalue weighted by Crippen LogP contribution is 2.17. The van der Waals surface area contributed by atoms with Crippen molar-refractivity contribution < 1.29 is 4.52 Å². The fourth-order valence-electron chi connectivity index (χ4n) is 1.33. The molecule has 1 aromatic carbocycles. The van der Waals surface area contributed by atoms with E-state index in [4.69, 9.17) is 27.7 Å². The highest BCUT2D eigenvalue weighted by molar-refractivity contribution is 6.30. The lowest BCUT2D eigenvalue weighted by Gasteiger charge is -1.99. The molecule has 1 heterocycles. The van der Waals surface area contributed by atoms with Crippen LogP contribution in [-0.4, -0.2) is 5.16 Å². The molecule has 0 atom stereocenters. The Labute approximate surface area is 97.8 Å². The van der Waals surface area contributed by atoms with Gasteiger partial charge in [0.1, 0.15) is 5.76 Å². The first-order valence-corrected chi connectivity index (χ1v) is 5.43. The van der Waals surface area contributed by atoms with Gasteiger partial charge in [0.25, 0.3) is 0 Å². The lowest BCUT2D eigenvalue weighted by atomic mass is 10.1. The van der Waals surface area contributed by atoms with Crippen LogP contribution in [0.15, 0.2) is 35.0 Å². The Balaban J connectivity index is 2.18. The first-order chi connectivity index (χ1) is 7.29. The molecule has 15 heavy (non-hydrogen) atoms. The molecule has 0 aliphatic rings. The molecule has 2 nitrogen and oxygen atoms in total. The number of aromatic nitrogens is 1. The zero-order chi connectivity index (χ0) is 10.7. The summed E-state index contributed by atoms with van der Waals surface area (Å²) < 4.78 is 5.12. The number of halogens is 2. The van der Waals surface area contributed by atoms with E-state index in [2.05, 4.69) is 5.16 Å². The summed E-state index contributed by atoms with van der Waals surface area (Å²) in [7, 11) is 0. The average Bonchev–Trinajstić information content (AvgIpc) is 2.69. The van der Waals surface area contributed by atoms with Crippen LogP contribution in [0.25, 0.3) is 0 Å². The Morgan fingerprint density at radius 3 is 2.60 bits per heavy atom. The normalized spacial score (nSPS) is 10.5. The number of hydrogen-bond acceptors (Lipinski definition) is 2. The third-order valence-electron chi connectivity index (χ3n) is 2.15. The van der Waals surface area contributed by atoms with Crippen LogP contribution in [-0.2, 0) is 12.3 Å². The van der Waals surface area contributed by atoms with Crippen LogP contribution >= 0.6 is 23.2 Å². The third kappa shape index (κ3) is 2.52. The predicted octanol–water partition coefficient (Wildman–Crippen LogP) is 3.66. The number of nitrogens with zero attached hydrogens (tertiary/aromatic N) is 1. The van der Waals surface area contributed by atoms with Crippen molar-refractivity contribution in [2.75, 3.05) is 0 Å². The lowest BCUT2D eigenvalue weighted by molar-refractivity contribution is 0.388. The summed E-state index contributed by atoms with van der Waals surface area (Å²) >= 11 is 11.5. The van der Waals surface area contributed by atoms with Gasteiger partial charge in [-0.2, -0.15) is 0 Å². The van der Waals surface area contributed by atoms with Crippen molar-refractivity contribution in [3.05, 3.63) is 52.4 Å². The fourth-order valence-corrected chi connectivity index (χ4v) is 1.67. The Hall–Kier alpha value is -0.990. The molecule has 0 aliphatic carbocycles. The zero-order valence-corrected chi connectivity index (χ0v) is 9.42. The van der Waals surface area contributed by atoms with Crippen molar-refractivity contribution in [1.82, 2.24) is 5.16 Å². The second-order valence-corrected chi connectivity index (χ2v) is 3.91. The van der Waals surface area contributed by atoms with E-state index in [1.165, 1.54) is 0 Å². The fraction of sp³-hybridized carbons (Fsp3) is 0.182. The van der Waals surface area contributed by atoms with Gasteiger partial charge in [-0.1, -0.05) is 28.9 Å². The van der Waals surface area contributed by atoms with E-state index in [9.17, 15) is 0 Å². The molecule has 0 aliphatic heterocycles. The van der Waals surface area contributed by atoms with E-state index in [1.54, 1.807) is 6.20 Å². The van der Waals surface area contributed by atoms with Gasteiger partial charge in [0.05, 0.1) is 12.1 Å². The highest BCUT2D eigenvalue weighted by atomic mass is 35.5. The number of hydrogen-bond donors (Lipinski definition) is 0. The molecule has 0 saturated carbocycles. The molecule has 4 heteroatoms. The maximum atomic E-state index is 5.80. The largest absolute Gasteiger partial charge is 0.361 e. The molecule has 0 spiro atoms. The molecule has 78 valence electrons. The maximum Gasteiger partial charge on any atom is 0.145 e. The van der Waals surface area contributed by atoms with Crippen LogP contribution in [0.5, 0.6) is 0 Å². The van der Waals surface area contributed by atoms with E-state index in [0.717, 1.165) is 21.9 Å². The monoisotopic (exact) mass is 241 g/mol. The minimum absolute atomic E-state index is 0.423. The summed E-state index contributed by atoms with van der Waals surface area (Å²) in [5, 5.41) is 4.45. The summed E-state index contributed by atoms with van der Waals surface area (Å²) in [6.07, 6.45) is 2.34. The van der Waals surface area contributed by atoms with Gasteiger partial charge in [-0.15, -0.1) is 11.6 Å². The Kier molecular flexibility index (Phi) is 3.29. The predicted molar refractivity (Wildman–Crippen MR) is 60.3 cm³/mol. The van der Waals surface area contributed by atoms with Gasteiger partial charge in [-0.25, -0.2) is 0 Å². The van der Waals surface area contributed by atoms with E-state index >= 15 is 0 Å². The molecule has 2 rings (SSSR count). The molecular formula is C11H9Cl2NO. The van der Waals surface area contributed by atoms with Crippen LogP contribution < -0.4 is 0 Å². The van der Waals surface area contributed by atoms with Crippen LogP contribution in [0, 0.1) is 0 Å². The molecule has 0 fully saturated rings. The molecule has 0 radical (unpaired) electrons. The minimum atomic E-state index is 0.423. The van der Waals surface area contributed by atoms with Gasteiger partial charge in [0.15, 0.2) is 0 Å². The number of alkyl halides is 1. The topological polar surface area (TPSA) is 26.0 Å². The second kappa shape index (κ2) is 4.69. The maximum absolute atomic E-state index is 5.80. The summed E-state index contributed by atoms with van der Waals surface area (Å²) in [5.41, 5.74) is 2.06. The third-order valence-corrected chi connectivity index (χ3v) is 2.69. The van der Waals surface area contributed by atoms with E-state index in [0.29, 0.717) is 12.3 Å². The van der Waals surface area contributed by atoms with Gasteiger partial charge >= 0.3 is 0 Å². The van der Waals surface area contributed by atoms with Crippen molar-refractivity contribution in [1.29, 1.82) is 0 Å². The standard InChI is InChI=1S/C11H9Cl2NO/c12-6-9-7-14-15-11(9)5-8-1-3-10(13)4-2-8/h1-4,7H,5-6H2. The molecular weight excluding hydrogens is 233 g/mol. The van der Waals surface area contributed by atoms with Gasteiger partial charge in [0.2, 0.25) is 0 Å². The smallest absolute Gasteiger partial charge is 0.145 e. The van der Waals surface area contributed by atoms with Gasteiger partial charge < -0.3 is 4.52 Å². The average molecular weight is 242 g/mol. The summed E-state index contributed by atoms with van der Waals surface area (Å²) in [5.74, 6) is 1.24. The highest BCUT2D eigenvalue weighted by Gasteiger charge is 2.07. The molecule has 0 bridgehead atoms. The van der Waals surface area contributed by atoms with Crippen LogP contribution in [0.4, 0.5) is 0 Å². The Bertz CT molecular complexity index is 436. The van der Waals surface area contributed by atoms with Gasteiger partial charge in [0, 0.05) is 17.0 Å². The number of rotatable bonds is 3. The Morgan fingerprint density at radius 2 is 1.93 bits per heavy atom. The molecule has 2 aromatic rings. The summed E-state index contributed by atoms with van der Waals surface area (Å²) in [4.78, 5) is 0. The SMILES string of the molecule is ClCc1cnoc1Cc1ccc(Cl)cc1. The van der Waals surface area contributed by atoms with Gasteiger partial charge in [-0.3, -0.25) is 0 Å². The molecule has 0 unspecified atom stereocenters. The van der Waals surface area contributed by atoms with Crippen molar-refractivity contribution in [3.8, 4) is 0 Å². The first kappa shape index (κ1) is 10.5. The zero-order valence-electron chi connectivity index (χ0n) is 7.91. The van der Waals surface area contributed by atoms with Crippen LogP contribution in [0.1, 0.15) is 16.9 Å². The van der Waals surface area contributed by atoms with Crippen molar-refractivity contribution in [2.45, 2.75) is 12.3 Å². The van der Waals surface area contributed by atoms with Crippen LogP contribution in [0.3, 0.4) is 0 Å². The molecule has 1 aromatic heterocycles. The van der Waals surface area contributed by atoms with Crippen molar-refractivity contribution >= 4 is 23.2 Å². The van der Waals surface area contributed by atoms with Crippen molar-refractivity contribution in [3.63, 3.8) is 0 Å². The first-order valence-electron chi connectivity index (χ1n) is 4.52. The molecule has 0 N–H and O–H groups in total. The van der Waals surface area contributed by atoms with Gasteiger partial charge in [-0.05, 0) is 17.7 Å². The second-order valence-electron chi connectivity index (χ2n) is 3.21. The van der Waals surface area contributed by atoms with E-state index < -0.39 is 0 Å². The number of benzene rings is 1. The minimum Gasteiger partial charge on any atom is -0.361 e.